The van der Waals surface area contributed by atoms with Gasteiger partial charge in [-0.05, 0) is 45.1 Å². The molecule has 1 aliphatic carbocycles. The molecule has 0 radical (unpaired) electrons. The number of nitrogens with one attached hydrogen (secondary N) is 1. The third-order valence-electron chi connectivity index (χ3n) is 4.62. The Morgan fingerprint density at radius 1 is 1.22 bits per heavy atom. The molecular weight excluding hydrogens is 224 g/mol. The molecule has 0 aromatic heterocycles. The Balaban J connectivity index is 1.79. The van der Waals surface area contributed by atoms with Crippen LogP contribution in [-0.2, 0) is 0 Å². The largest absolute Gasteiger partial charge is 0.393 e. The van der Waals surface area contributed by atoms with Gasteiger partial charge in [-0.3, -0.25) is 0 Å². The van der Waals surface area contributed by atoms with Crippen molar-refractivity contribution in [3.63, 3.8) is 0 Å². The summed E-state index contributed by atoms with van der Waals surface area (Å²) in [5.41, 5.74) is 0. The second-order valence-corrected chi connectivity index (χ2v) is 6.47. The average molecular weight is 254 g/mol. The second kappa shape index (κ2) is 6.88. The Labute approximate surface area is 112 Å². The minimum absolute atomic E-state index is 0.103. The van der Waals surface area contributed by atoms with Crippen LogP contribution < -0.4 is 5.32 Å². The van der Waals surface area contributed by atoms with Crippen LogP contribution >= 0.6 is 0 Å². The van der Waals surface area contributed by atoms with Gasteiger partial charge in [0.1, 0.15) is 0 Å². The number of aliphatic hydroxyl groups is 1. The van der Waals surface area contributed by atoms with E-state index in [2.05, 4.69) is 24.2 Å². The number of likely N-dealkylation sites (tertiary alicyclic amines) is 1. The van der Waals surface area contributed by atoms with Gasteiger partial charge in [-0.2, -0.15) is 0 Å². The van der Waals surface area contributed by atoms with Crippen molar-refractivity contribution in [3.05, 3.63) is 0 Å². The highest BCUT2D eigenvalue weighted by atomic mass is 16.3. The monoisotopic (exact) mass is 254 g/mol. The van der Waals surface area contributed by atoms with Crippen molar-refractivity contribution in [2.24, 2.45) is 5.92 Å². The van der Waals surface area contributed by atoms with Crippen molar-refractivity contribution in [1.82, 2.24) is 10.2 Å². The van der Waals surface area contributed by atoms with E-state index in [9.17, 15) is 5.11 Å². The third-order valence-corrected chi connectivity index (χ3v) is 4.62. The summed E-state index contributed by atoms with van der Waals surface area (Å²) >= 11 is 0. The summed E-state index contributed by atoms with van der Waals surface area (Å²) in [5.74, 6) is 0.664. The van der Waals surface area contributed by atoms with Gasteiger partial charge in [0.05, 0.1) is 6.10 Å². The molecule has 3 nitrogen and oxygen atoms in total. The van der Waals surface area contributed by atoms with Crippen LogP contribution in [-0.4, -0.2) is 48.3 Å². The molecular formula is C15H30N2O. The summed E-state index contributed by atoms with van der Waals surface area (Å²) in [5, 5.41) is 13.7. The molecule has 2 rings (SSSR count). The highest BCUT2D eigenvalue weighted by molar-refractivity contribution is 4.86. The van der Waals surface area contributed by atoms with E-state index < -0.39 is 0 Å². The minimum Gasteiger partial charge on any atom is -0.393 e. The van der Waals surface area contributed by atoms with E-state index in [4.69, 9.17) is 0 Å². The fourth-order valence-electron chi connectivity index (χ4n) is 3.71. The first-order valence-electron chi connectivity index (χ1n) is 7.80. The van der Waals surface area contributed by atoms with Gasteiger partial charge in [0.25, 0.3) is 0 Å². The normalized spacial score (nSPS) is 32.8. The first-order chi connectivity index (χ1) is 8.67. The van der Waals surface area contributed by atoms with E-state index in [0.29, 0.717) is 12.0 Å². The molecule has 1 heterocycles. The lowest BCUT2D eigenvalue weighted by Gasteiger charge is -2.38. The van der Waals surface area contributed by atoms with Crippen molar-refractivity contribution >= 4 is 0 Å². The van der Waals surface area contributed by atoms with E-state index in [0.717, 1.165) is 25.4 Å². The zero-order valence-corrected chi connectivity index (χ0v) is 12.1. The van der Waals surface area contributed by atoms with Crippen LogP contribution in [0.4, 0.5) is 0 Å². The fourth-order valence-corrected chi connectivity index (χ4v) is 3.71. The highest BCUT2D eigenvalue weighted by Crippen LogP contribution is 2.24. The predicted octanol–water partition coefficient (Wildman–Crippen LogP) is 2.00. The van der Waals surface area contributed by atoms with Crippen LogP contribution in [0.15, 0.2) is 0 Å². The maximum absolute atomic E-state index is 9.83. The fraction of sp³-hybridized carbons (Fsp3) is 1.00. The van der Waals surface area contributed by atoms with Gasteiger partial charge in [0, 0.05) is 25.2 Å². The SMILES string of the molecule is CCC(O)CC1CC(NC2CCCC2)CN(C)C1. The molecule has 2 N–H and O–H groups in total. The van der Waals surface area contributed by atoms with Crippen LogP contribution in [0.5, 0.6) is 0 Å². The Morgan fingerprint density at radius 3 is 2.61 bits per heavy atom. The Kier molecular flexibility index (Phi) is 5.46. The zero-order chi connectivity index (χ0) is 13.0. The summed E-state index contributed by atoms with van der Waals surface area (Å²) in [6.07, 6.45) is 8.54. The van der Waals surface area contributed by atoms with E-state index in [1.807, 2.05) is 0 Å². The molecule has 1 saturated heterocycles. The highest BCUT2D eigenvalue weighted by Gasteiger charge is 2.28. The van der Waals surface area contributed by atoms with E-state index >= 15 is 0 Å². The molecule has 1 aliphatic heterocycles. The summed E-state index contributed by atoms with van der Waals surface area (Å²) in [7, 11) is 2.22. The topological polar surface area (TPSA) is 35.5 Å². The standard InChI is InChI=1S/C15H30N2O/c1-3-15(18)9-12-8-14(11-17(2)10-12)16-13-6-4-5-7-13/h12-16,18H,3-11H2,1-2H3. The van der Waals surface area contributed by atoms with Crippen molar-refractivity contribution in [1.29, 1.82) is 0 Å². The molecule has 1 saturated carbocycles. The zero-order valence-electron chi connectivity index (χ0n) is 12.1. The Morgan fingerprint density at radius 2 is 1.94 bits per heavy atom. The second-order valence-electron chi connectivity index (χ2n) is 6.47. The first-order valence-corrected chi connectivity index (χ1v) is 7.80. The molecule has 106 valence electrons. The van der Waals surface area contributed by atoms with Crippen LogP contribution in [0, 0.1) is 5.92 Å². The van der Waals surface area contributed by atoms with Crippen LogP contribution in [0.1, 0.15) is 51.9 Å². The number of aliphatic hydroxyl groups excluding tert-OH is 1. The van der Waals surface area contributed by atoms with Gasteiger partial charge in [-0.15, -0.1) is 0 Å². The predicted molar refractivity (Wildman–Crippen MR) is 75.7 cm³/mol. The van der Waals surface area contributed by atoms with Gasteiger partial charge in [-0.25, -0.2) is 0 Å². The van der Waals surface area contributed by atoms with Crippen molar-refractivity contribution in [2.75, 3.05) is 20.1 Å². The van der Waals surface area contributed by atoms with Crippen molar-refractivity contribution in [3.8, 4) is 0 Å². The van der Waals surface area contributed by atoms with E-state index in [1.54, 1.807) is 0 Å². The molecule has 0 aromatic carbocycles. The lowest BCUT2D eigenvalue weighted by atomic mass is 9.89. The minimum atomic E-state index is -0.103. The maximum atomic E-state index is 9.83. The van der Waals surface area contributed by atoms with E-state index in [1.165, 1.54) is 38.6 Å². The van der Waals surface area contributed by atoms with Crippen molar-refractivity contribution < 1.29 is 5.11 Å². The quantitative estimate of drug-likeness (QED) is 0.788. The van der Waals surface area contributed by atoms with Gasteiger partial charge in [0.15, 0.2) is 0 Å². The molecule has 2 fully saturated rings. The molecule has 2 aliphatic rings. The molecule has 0 amide bonds. The lowest BCUT2D eigenvalue weighted by molar-refractivity contribution is 0.0923. The molecule has 0 spiro atoms. The number of likely N-dealkylation sites (N-methyl/N-ethyl adjacent to an activating group) is 1. The molecule has 3 unspecified atom stereocenters. The number of piperidine rings is 1. The van der Waals surface area contributed by atoms with Crippen LogP contribution in [0.25, 0.3) is 0 Å². The van der Waals surface area contributed by atoms with Gasteiger partial charge in [-0.1, -0.05) is 19.8 Å². The van der Waals surface area contributed by atoms with Gasteiger partial charge < -0.3 is 15.3 Å². The van der Waals surface area contributed by atoms with Gasteiger partial charge in [0.2, 0.25) is 0 Å². The molecule has 3 atom stereocenters. The maximum Gasteiger partial charge on any atom is 0.0540 e. The van der Waals surface area contributed by atoms with Gasteiger partial charge >= 0.3 is 0 Å². The summed E-state index contributed by atoms with van der Waals surface area (Å²) < 4.78 is 0. The molecule has 18 heavy (non-hydrogen) atoms. The van der Waals surface area contributed by atoms with Crippen LogP contribution in [0.2, 0.25) is 0 Å². The van der Waals surface area contributed by atoms with Crippen LogP contribution in [0.3, 0.4) is 0 Å². The summed E-state index contributed by atoms with van der Waals surface area (Å²) in [6.45, 7) is 4.40. The Hall–Kier alpha value is -0.120. The first kappa shape index (κ1) is 14.3. The molecule has 0 aromatic rings. The third kappa shape index (κ3) is 4.22. The summed E-state index contributed by atoms with van der Waals surface area (Å²) in [4.78, 5) is 2.43. The smallest absolute Gasteiger partial charge is 0.0540 e. The molecule has 0 bridgehead atoms. The Bertz CT molecular complexity index is 241. The number of nitrogens with zero attached hydrogens (tertiary/aromatic N) is 1. The number of rotatable bonds is 5. The summed E-state index contributed by atoms with van der Waals surface area (Å²) in [6, 6.07) is 1.40. The lowest BCUT2D eigenvalue weighted by Crippen LogP contribution is -2.50. The number of hydrogen-bond acceptors (Lipinski definition) is 3. The van der Waals surface area contributed by atoms with Crippen molar-refractivity contribution in [2.45, 2.75) is 70.1 Å². The average Bonchev–Trinajstić information content (AvgIpc) is 2.80. The number of hydrogen-bond donors (Lipinski definition) is 2. The molecule has 3 heteroatoms. The van der Waals surface area contributed by atoms with E-state index in [-0.39, 0.29) is 6.10 Å².